The summed E-state index contributed by atoms with van der Waals surface area (Å²) in [5, 5.41) is 0. The van der Waals surface area contributed by atoms with Gasteiger partial charge >= 0.3 is 0 Å². The average Bonchev–Trinajstić information content (AvgIpc) is 2.76. The molecule has 0 aliphatic carbocycles. The molecule has 74 valence electrons. The Morgan fingerprint density at radius 3 is 2.27 bits per heavy atom. The van der Waals surface area contributed by atoms with Crippen LogP contribution in [-0.2, 0) is 0 Å². The quantitative estimate of drug-likeness (QED) is 0.711. The zero-order valence-corrected chi connectivity index (χ0v) is 8.91. The van der Waals surface area contributed by atoms with Crippen LogP contribution in [0.4, 0.5) is 0 Å². The molecule has 2 rings (SSSR count). The van der Waals surface area contributed by atoms with Crippen molar-refractivity contribution < 1.29 is 4.79 Å². The summed E-state index contributed by atoms with van der Waals surface area (Å²) < 4.78 is 0. The lowest BCUT2D eigenvalue weighted by Crippen LogP contribution is -1.67. The van der Waals surface area contributed by atoms with Crippen LogP contribution in [0.15, 0.2) is 42.5 Å². The molecule has 0 fully saturated rings. The Labute approximate surface area is 92.7 Å². The second-order valence-electron chi connectivity index (χ2n) is 3.10. The van der Waals surface area contributed by atoms with E-state index in [4.69, 9.17) is 0 Å². The first-order chi connectivity index (χ1) is 7.38. The van der Waals surface area contributed by atoms with Gasteiger partial charge in [0.25, 0.3) is 0 Å². The first kappa shape index (κ1) is 9.87. The Hall–Kier alpha value is -1.67. The minimum Gasteiger partial charge on any atom is -0.297 e. The lowest BCUT2D eigenvalue weighted by molar-refractivity contribution is 0.112. The second kappa shape index (κ2) is 4.71. The third-order valence-electron chi connectivity index (χ3n) is 2.00. The molecule has 0 aliphatic heterocycles. The van der Waals surface area contributed by atoms with Gasteiger partial charge in [-0.05, 0) is 23.8 Å². The van der Waals surface area contributed by atoms with Crippen molar-refractivity contribution in [2.45, 2.75) is 0 Å². The standard InChI is InChI=1S/C13H10OS/c14-10-13-9-8-12(15-13)7-6-11-4-2-1-3-5-11/h1-10H/b7-6+. The smallest absolute Gasteiger partial charge is 0.160 e. The molecule has 15 heavy (non-hydrogen) atoms. The summed E-state index contributed by atoms with van der Waals surface area (Å²) in [6.07, 6.45) is 4.94. The van der Waals surface area contributed by atoms with E-state index in [9.17, 15) is 4.79 Å². The van der Waals surface area contributed by atoms with Crippen LogP contribution in [-0.4, -0.2) is 6.29 Å². The van der Waals surface area contributed by atoms with Gasteiger partial charge < -0.3 is 0 Å². The maximum atomic E-state index is 10.5. The summed E-state index contributed by atoms with van der Waals surface area (Å²) in [6, 6.07) is 13.9. The van der Waals surface area contributed by atoms with E-state index in [1.807, 2.05) is 54.6 Å². The monoisotopic (exact) mass is 214 g/mol. The maximum absolute atomic E-state index is 10.5. The van der Waals surface area contributed by atoms with E-state index in [1.165, 1.54) is 16.9 Å². The van der Waals surface area contributed by atoms with Crippen LogP contribution in [0.1, 0.15) is 20.1 Å². The number of benzene rings is 1. The molecular formula is C13H10OS. The van der Waals surface area contributed by atoms with Crippen LogP contribution in [0.2, 0.25) is 0 Å². The molecule has 0 saturated carbocycles. The van der Waals surface area contributed by atoms with Gasteiger partial charge in [-0.25, -0.2) is 0 Å². The van der Waals surface area contributed by atoms with E-state index in [1.54, 1.807) is 0 Å². The minimum absolute atomic E-state index is 0.766. The number of hydrogen-bond acceptors (Lipinski definition) is 2. The Bertz CT molecular complexity index is 468. The van der Waals surface area contributed by atoms with Crippen molar-refractivity contribution in [2.75, 3.05) is 0 Å². The van der Waals surface area contributed by atoms with E-state index in [-0.39, 0.29) is 0 Å². The highest BCUT2D eigenvalue weighted by molar-refractivity contribution is 7.14. The first-order valence-corrected chi connectivity index (χ1v) is 5.48. The lowest BCUT2D eigenvalue weighted by Gasteiger charge is -1.89. The van der Waals surface area contributed by atoms with Crippen molar-refractivity contribution >= 4 is 29.8 Å². The van der Waals surface area contributed by atoms with Gasteiger partial charge in [-0.3, -0.25) is 4.79 Å². The Kier molecular flexibility index (Phi) is 3.10. The molecule has 0 spiro atoms. The Balaban J connectivity index is 2.15. The molecule has 1 aromatic carbocycles. The van der Waals surface area contributed by atoms with Crippen molar-refractivity contribution in [1.29, 1.82) is 0 Å². The molecule has 0 atom stereocenters. The van der Waals surface area contributed by atoms with E-state index in [0.29, 0.717) is 0 Å². The van der Waals surface area contributed by atoms with Crippen LogP contribution in [0.3, 0.4) is 0 Å². The molecule has 1 heterocycles. The predicted molar refractivity (Wildman–Crippen MR) is 65.1 cm³/mol. The first-order valence-electron chi connectivity index (χ1n) is 4.66. The summed E-state index contributed by atoms with van der Waals surface area (Å²) in [4.78, 5) is 12.3. The third-order valence-corrected chi connectivity index (χ3v) is 2.98. The fourth-order valence-corrected chi connectivity index (χ4v) is 1.99. The maximum Gasteiger partial charge on any atom is 0.160 e. The summed E-state index contributed by atoms with van der Waals surface area (Å²) in [5.74, 6) is 0. The largest absolute Gasteiger partial charge is 0.297 e. The molecule has 0 amide bonds. The van der Waals surface area contributed by atoms with Crippen LogP contribution in [0, 0.1) is 0 Å². The molecule has 0 radical (unpaired) electrons. The number of aldehydes is 1. The molecule has 0 unspecified atom stereocenters. The van der Waals surface area contributed by atoms with Gasteiger partial charge in [0.2, 0.25) is 0 Å². The van der Waals surface area contributed by atoms with Crippen LogP contribution >= 0.6 is 11.3 Å². The highest BCUT2D eigenvalue weighted by Crippen LogP contribution is 2.17. The third kappa shape index (κ3) is 2.64. The molecule has 0 saturated heterocycles. The van der Waals surface area contributed by atoms with Gasteiger partial charge in [0.05, 0.1) is 4.88 Å². The summed E-state index contributed by atoms with van der Waals surface area (Å²) in [7, 11) is 0. The number of carbonyl (C=O) groups excluding carboxylic acids is 1. The molecule has 2 heteroatoms. The molecule has 1 aromatic heterocycles. The second-order valence-corrected chi connectivity index (χ2v) is 4.25. The molecule has 0 N–H and O–H groups in total. The van der Waals surface area contributed by atoms with Crippen LogP contribution in [0.5, 0.6) is 0 Å². The molecule has 2 aromatic rings. The lowest BCUT2D eigenvalue weighted by atomic mass is 10.2. The minimum atomic E-state index is 0.766. The fourth-order valence-electron chi connectivity index (χ4n) is 1.26. The van der Waals surface area contributed by atoms with E-state index in [0.717, 1.165) is 16.0 Å². The molecule has 0 aliphatic rings. The van der Waals surface area contributed by atoms with E-state index in [2.05, 4.69) is 0 Å². The van der Waals surface area contributed by atoms with Gasteiger partial charge in [-0.1, -0.05) is 36.4 Å². The fraction of sp³-hybridized carbons (Fsp3) is 0. The van der Waals surface area contributed by atoms with Gasteiger partial charge in [0, 0.05) is 4.88 Å². The highest BCUT2D eigenvalue weighted by atomic mass is 32.1. The van der Waals surface area contributed by atoms with Crippen molar-refractivity contribution in [3.8, 4) is 0 Å². The number of thiophene rings is 1. The summed E-state index contributed by atoms with van der Waals surface area (Å²) in [6.45, 7) is 0. The molecule has 1 nitrogen and oxygen atoms in total. The van der Waals surface area contributed by atoms with Gasteiger partial charge in [-0.15, -0.1) is 11.3 Å². The van der Waals surface area contributed by atoms with Gasteiger partial charge in [-0.2, -0.15) is 0 Å². The van der Waals surface area contributed by atoms with Gasteiger partial charge in [0.1, 0.15) is 0 Å². The predicted octanol–water partition coefficient (Wildman–Crippen LogP) is 3.73. The number of carbonyl (C=O) groups is 1. The van der Waals surface area contributed by atoms with Crippen LogP contribution < -0.4 is 0 Å². The van der Waals surface area contributed by atoms with E-state index < -0.39 is 0 Å². The zero-order valence-electron chi connectivity index (χ0n) is 8.09. The van der Waals surface area contributed by atoms with Crippen LogP contribution in [0.25, 0.3) is 12.2 Å². The Morgan fingerprint density at radius 1 is 0.867 bits per heavy atom. The molecule has 0 bridgehead atoms. The highest BCUT2D eigenvalue weighted by Gasteiger charge is 1.94. The normalized spacial score (nSPS) is 10.7. The number of rotatable bonds is 3. The number of hydrogen-bond donors (Lipinski definition) is 0. The zero-order chi connectivity index (χ0) is 10.5. The molecular weight excluding hydrogens is 204 g/mol. The van der Waals surface area contributed by atoms with Gasteiger partial charge in [0.15, 0.2) is 6.29 Å². The topological polar surface area (TPSA) is 17.1 Å². The van der Waals surface area contributed by atoms with Crippen molar-refractivity contribution in [2.24, 2.45) is 0 Å². The SMILES string of the molecule is O=Cc1ccc(/C=C/c2ccccc2)s1. The van der Waals surface area contributed by atoms with Crippen molar-refractivity contribution in [3.05, 3.63) is 57.8 Å². The van der Waals surface area contributed by atoms with Crippen molar-refractivity contribution in [1.82, 2.24) is 0 Å². The summed E-state index contributed by atoms with van der Waals surface area (Å²) in [5.41, 5.74) is 1.17. The van der Waals surface area contributed by atoms with E-state index >= 15 is 0 Å². The average molecular weight is 214 g/mol. The summed E-state index contributed by atoms with van der Waals surface area (Å²) >= 11 is 1.50. The van der Waals surface area contributed by atoms with Crippen molar-refractivity contribution in [3.63, 3.8) is 0 Å². The Morgan fingerprint density at radius 2 is 1.60 bits per heavy atom.